The van der Waals surface area contributed by atoms with Crippen molar-refractivity contribution in [2.45, 2.75) is 58.5 Å². The minimum absolute atomic E-state index is 0.653. The Bertz CT molecular complexity index is 453. The van der Waals surface area contributed by atoms with Gasteiger partial charge in [0.05, 0.1) is 12.7 Å². The van der Waals surface area contributed by atoms with Crippen molar-refractivity contribution in [1.82, 2.24) is 0 Å². The molecule has 0 aliphatic heterocycles. The Kier molecular flexibility index (Phi) is 4.74. The molecule has 112 valence electrons. The van der Waals surface area contributed by atoms with Crippen LogP contribution in [0.15, 0.2) is 18.2 Å². The molecule has 2 unspecified atom stereocenters. The van der Waals surface area contributed by atoms with Gasteiger partial charge in [0.25, 0.3) is 0 Å². The minimum Gasteiger partial charge on any atom is -0.497 e. The van der Waals surface area contributed by atoms with Crippen LogP contribution in [-0.4, -0.2) is 12.2 Å². The fourth-order valence-corrected chi connectivity index (χ4v) is 3.57. The largest absolute Gasteiger partial charge is 0.497 e. The van der Waals surface area contributed by atoms with Crippen LogP contribution in [0.4, 0.5) is 0 Å². The third kappa shape index (κ3) is 3.17. The zero-order chi connectivity index (χ0) is 14.8. The average molecular weight is 276 g/mol. The van der Waals surface area contributed by atoms with Crippen molar-refractivity contribution in [2.75, 3.05) is 7.11 Å². The Morgan fingerprint density at radius 2 is 2.00 bits per heavy atom. The van der Waals surface area contributed by atoms with E-state index < -0.39 is 5.60 Å². The molecule has 1 aliphatic rings. The van der Waals surface area contributed by atoms with Crippen LogP contribution in [0.2, 0.25) is 0 Å². The molecule has 0 radical (unpaired) electrons. The van der Waals surface area contributed by atoms with Crippen molar-refractivity contribution in [3.63, 3.8) is 0 Å². The van der Waals surface area contributed by atoms with Gasteiger partial charge in [-0.2, -0.15) is 0 Å². The van der Waals surface area contributed by atoms with Gasteiger partial charge in [-0.25, -0.2) is 0 Å². The molecule has 0 saturated heterocycles. The van der Waals surface area contributed by atoms with E-state index in [0.29, 0.717) is 5.92 Å². The second-order valence-electron chi connectivity index (χ2n) is 6.65. The smallest absolute Gasteiger partial charge is 0.119 e. The Balaban J connectivity index is 2.22. The van der Waals surface area contributed by atoms with Gasteiger partial charge in [-0.3, -0.25) is 0 Å². The molecule has 2 heteroatoms. The van der Waals surface area contributed by atoms with Crippen molar-refractivity contribution >= 4 is 0 Å². The van der Waals surface area contributed by atoms with Gasteiger partial charge in [0.1, 0.15) is 5.75 Å². The summed E-state index contributed by atoms with van der Waals surface area (Å²) in [5, 5.41) is 11.1. The van der Waals surface area contributed by atoms with Crippen molar-refractivity contribution in [2.24, 2.45) is 11.8 Å². The van der Waals surface area contributed by atoms with Crippen molar-refractivity contribution in [1.29, 1.82) is 0 Å². The van der Waals surface area contributed by atoms with Crippen LogP contribution in [0, 0.1) is 18.8 Å². The van der Waals surface area contributed by atoms with Crippen LogP contribution in [0.25, 0.3) is 0 Å². The number of aliphatic hydroxyl groups is 1. The number of methoxy groups -OCH3 is 1. The molecule has 1 saturated carbocycles. The molecule has 0 heterocycles. The lowest BCUT2D eigenvalue weighted by Gasteiger charge is -2.29. The summed E-state index contributed by atoms with van der Waals surface area (Å²) in [6.45, 7) is 6.67. The molecule has 20 heavy (non-hydrogen) atoms. The predicted octanol–water partition coefficient (Wildman–Crippen LogP) is 4.43. The second kappa shape index (κ2) is 6.17. The van der Waals surface area contributed by atoms with Crippen molar-refractivity contribution < 1.29 is 9.84 Å². The van der Waals surface area contributed by atoms with E-state index in [2.05, 4.69) is 20.8 Å². The molecular formula is C18H28O2. The van der Waals surface area contributed by atoms with Gasteiger partial charge in [0.2, 0.25) is 0 Å². The zero-order valence-electron chi connectivity index (χ0n) is 13.3. The summed E-state index contributed by atoms with van der Waals surface area (Å²) in [5.41, 5.74) is 1.57. The first kappa shape index (κ1) is 15.4. The Morgan fingerprint density at radius 1 is 1.25 bits per heavy atom. The van der Waals surface area contributed by atoms with E-state index in [1.54, 1.807) is 7.11 Å². The third-order valence-corrected chi connectivity index (χ3v) is 4.97. The van der Waals surface area contributed by atoms with E-state index in [1.165, 1.54) is 6.42 Å². The van der Waals surface area contributed by atoms with Gasteiger partial charge in [0, 0.05) is 0 Å². The molecule has 0 bridgehead atoms. The maximum Gasteiger partial charge on any atom is 0.119 e. The van der Waals surface area contributed by atoms with Crippen LogP contribution in [0.3, 0.4) is 0 Å². The van der Waals surface area contributed by atoms with Gasteiger partial charge >= 0.3 is 0 Å². The molecule has 1 N–H and O–H groups in total. The lowest BCUT2D eigenvalue weighted by atomic mass is 9.83. The molecule has 2 rings (SSSR count). The fourth-order valence-electron chi connectivity index (χ4n) is 3.57. The summed E-state index contributed by atoms with van der Waals surface area (Å²) < 4.78 is 5.26. The highest BCUT2D eigenvalue weighted by atomic mass is 16.5. The third-order valence-electron chi connectivity index (χ3n) is 4.97. The number of hydrogen-bond donors (Lipinski definition) is 1. The van der Waals surface area contributed by atoms with Crippen molar-refractivity contribution in [3.8, 4) is 5.75 Å². The Morgan fingerprint density at radius 3 is 2.60 bits per heavy atom. The molecule has 1 aliphatic carbocycles. The Labute approximate surface area is 123 Å². The SMILES string of the molecule is COc1ccc(C2(O)CCCC(C(C)C)CC2)c(C)c1. The molecule has 2 nitrogen and oxygen atoms in total. The van der Waals surface area contributed by atoms with E-state index in [-0.39, 0.29) is 0 Å². The van der Waals surface area contributed by atoms with Crippen LogP contribution >= 0.6 is 0 Å². The first-order valence-corrected chi connectivity index (χ1v) is 7.84. The highest BCUT2D eigenvalue weighted by Gasteiger charge is 2.34. The molecule has 1 aromatic rings. The molecule has 0 aromatic heterocycles. The predicted molar refractivity (Wildman–Crippen MR) is 83.0 cm³/mol. The lowest BCUT2D eigenvalue weighted by Crippen LogP contribution is -2.26. The molecule has 1 aromatic carbocycles. The summed E-state index contributed by atoms with van der Waals surface area (Å²) in [5.74, 6) is 2.33. The number of rotatable bonds is 3. The van der Waals surface area contributed by atoms with E-state index in [9.17, 15) is 5.11 Å². The average Bonchev–Trinajstić information content (AvgIpc) is 2.61. The Hall–Kier alpha value is -1.02. The van der Waals surface area contributed by atoms with Gasteiger partial charge in [-0.15, -0.1) is 0 Å². The summed E-state index contributed by atoms with van der Waals surface area (Å²) in [6, 6.07) is 6.03. The quantitative estimate of drug-likeness (QED) is 0.828. The van der Waals surface area contributed by atoms with Gasteiger partial charge in [-0.05, 0) is 67.7 Å². The number of ether oxygens (including phenoxy) is 1. The van der Waals surface area contributed by atoms with Gasteiger partial charge < -0.3 is 9.84 Å². The lowest BCUT2D eigenvalue weighted by molar-refractivity contribution is 0.0185. The summed E-state index contributed by atoms with van der Waals surface area (Å²) in [4.78, 5) is 0. The highest BCUT2D eigenvalue weighted by molar-refractivity contribution is 5.38. The maximum atomic E-state index is 11.1. The highest BCUT2D eigenvalue weighted by Crippen LogP contribution is 2.41. The summed E-state index contributed by atoms with van der Waals surface area (Å²) >= 11 is 0. The van der Waals surface area contributed by atoms with Crippen LogP contribution in [0.5, 0.6) is 5.75 Å². The van der Waals surface area contributed by atoms with E-state index in [4.69, 9.17) is 4.74 Å². The summed E-state index contributed by atoms with van der Waals surface area (Å²) in [6.07, 6.45) is 5.24. The monoisotopic (exact) mass is 276 g/mol. The maximum absolute atomic E-state index is 11.1. The minimum atomic E-state index is -0.653. The topological polar surface area (TPSA) is 29.5 Å². The number of hydrogen-bond acceptors (Lipinski definition) is 2. The molecular weight excluding hydrogens is 248 g/mol. The van der Waals surface area contributed by atoms with Gasteiger partial charge in [0.15, 0.2) is 0 Å². The van der Waals surface area contributed by atoms with Crippen LogP contribution in [0.1, 0.15) is 57.1 Å². The van der Waals surface area contributed by atoms with Crippen LogP contribution in [-0.2, 0) is 5.60 Å². The standard InChI is InChI=1S/C18H28O2/c1-13(2)15-6-5-10-18(19,11-9-15)17-8-7-16(20-4)12-14(17)3/h7-8,12-13,15,19H,5-6,9-11H2,1-4H3. The molecule has 0 spiro atoms. The molecule has 2 atom stereocenters. The van der Waals surface area contributed by atoms with E-state index in [0.717, 1.165) is 48.5 Å². The first-order valence-electron chi connectivity index (χ1n) is 7.84. The normalized spacial score (nSPS) is 27.4. The second-order valence-corrected chi connectivity index (χ2v) is 6.65. The first-order chi connectivity index (χ1) is 9.46. The fraction of sp³-hybridized carbons (Fsp3) is 0.667. The van der Waals surface area contributed by atoms with E-state index >= 15 is 0 Å². The molecule has 1 fully saturated rings. The zero-order valence-corrected chi connectivity index (χ0v) is 13.3. The van der Waals surface area contributed by atoms with Crippen LogP contribution < -0.4 is 4.74 Å². The van der Waals surface area contributed by atoms with E-state index in [1.807, 2.05) is 18.2 Å². The molecule has 0 amide bonds. The van der Waals surface area contributed by atoms with Gasteiger partial charge in [-0.1, -0.05) is 26.3 Å². The number of aryl methyl sites for hydroxylation is 1. The van der Waals surface area contributed by atoms with Crippen molar-refractivity contribution in [3.05, 3.63) is 29.3 Å². The number of benzene rings is 1. The summed E-state index contributed by atoms with van der Waals surface area (Å²) in [7, 11) is 1.68.